The van der Waals surface area contributed by atoms with Gasteiger partial charge in [0.25, 0.3) is 11.1 Å². The summed E-state index contributed by atoms with van der Waals surface area (Å²) in [5.41, 5.74) is 2.02. The van der Waals surface area contributed by atoms with Crippen molar-refractivity contribution < 1.29 is 29.0 Å². The standard InChI is InChI=1S/C21H19NO6S/c1-12-4-6-13(7-5-12)11-22-19(23)16(29-21(22)26)10-14-8-9-15(27-2)18(28-3)17(14)20(24)25/h4-10H,11H2,1-3H3,(H,24,25)/b16-10+. The molecule has 1 heterocycles. The molecule has 150 valence electrons. The number of hydrogen-bond acceptors (Lipinski definition) is 6. The molecule has 1 saturated heterocycles. The summed E-state index contributed by atoms with van der Waals surface area (Å²) >= 11 is 0.776. The van der Waals surface area contributed by atoms with Crippen LogP contribution in [0.1, 0.15) is 27.0 Å². The topological polar surface area (TPSA) is 93.1 Å². The first-order valence-corrected chi connectivity index (χ1v) is 9.46. The number of imide groups is 1. The molecule has 0 spiro atoms. The van der Waals surface area contributed by atoms with Gasteiger partial charge in [0.1, 0.15) is 5.56 Å². The van der Waals surface area contributed by atoms with Gasteiger partial charge in [0.2, 0.25) is 0 Å². The summed E-state index contributed by atoms with van der Waals surface area (Å²) in [6.07, 6.45) is 1.39. The van der Waals surface area contributed by atoms with E-state index in [2.05, 4.69) is 0 Å². The quantitative estimate of drug-likeness (QED) is 0.717. The zero-order valence-electron chi connectivity index (χ0n) is 16.1. The number of carboxylic acids is 1. The monoisotopic (exact) mass is 413 g/mol. The van der Waals surface area contributed by atoms with Crippen LogP contribution < -0.4 is 9.47 Å². The second kappa shape index (κ2) is 8.40. The molecular formula is C21H19NO6S. The highest BCUT2D eigenvalue weighted by atomic mass is 32.2. The van der Waals surface area contributed by atoms with Crippen LogP contribution in [0.15, 0.2) is 41.3 Å². The molecule has 3 rings (SSSR count). The van der Waals surface area contributed by atoms with Crippen molar-refractivity contribution in [2.75, 3.05) is 14.2 Å². The van der Waals surface area contributed by atoms with E-state index in [-0.39, 0.29) is 34.1 Å². The van der Waals surface area contributed by atoms with Gasteiger partial charge in [0.15, 0.2) is 11.5 Å². The zero-order valence-corrected chi connectivity index (χ0v) is 16.9. The maximum atomic E-state index is 12.8. The van der Waals surface area contributed by atoms with Crippen LogP contribution in [0.4, 0.5) is 4.79 Å². The number of hydrogen-bond donors (Lipinski definition) is 1. The fourth-order valence-corrected chi connectivity index (χ4v) is 3.77. The highest BCUT2D eigenvalue weighted by Crippen LogP contribution is 2.38. The van der Waals surface area contributed by atoms with E-state index in [0.717, 1.165) is 27.8 Å². The Balaban J connectivity index is 1.95. The Hall–Kier alpha value is -3.26. The highest BCUT2D eigenvalue weighted by Gasteiger charge is 2.35. The van der Waals surface area contributed by atoms with E-state index >= 15 is 0 Å². The number of carbonyl (C=O) groups is 3. The first-order valence-electron chi connectivity index (χ1n) is 8.65. The number of amides is 2. The third kappa shape index (κ3) is 4.12. The molecule has 0 saturated carbocycles. The molecule has 0 atom stereocenters. The van der Waals surface area contributed by atoms with Crippen molar-refractivity contribution in [2.24, 2.45) is 0 Å². The number of carbonyl (C=O) groups excluding carboxylic acids is 2. The summed E-state index contributed by atoms with van der Waals surface area (Å²) < 4.78 is 10.3. The predicted molar refractivity (Wildman–Crippen MR) is 109 cm³/mol. The normalized spacial score (nSPS) is 15.1. The Morgan fingerprint density at radius 1 is 1.10 bits per heavy atom. The van der Waals surface area contributed by atoms with Crippen LogP contribution in [0.2, 0.25) is 0 Å². The molecule has 0 aromatic heterocycles. The summed E-state index contributed by atoms with van der Waals surface area (Å²) in [6.45, 7) is 2.11. The molecule has 0 bridgehead atoms. The van der Waals surface area contributed by atoms with Gasteiger partial charge in [-0.3, -0.25) is 14.5 Å². The van der Waals surface area contributed by atoms with Crippen LogP contribution >= 0.6 is 11.8 Å². The van der Waals surface area contributed by atoms with E-state index in [1.807, 2.05) is 31.2 Å². The van der Waals surface area contributed by atoms with Gasteiger partial charge in [-0.15, -0.1) is 0 Å². The van der Waals surface area contributed by atoms with Crippen LogP contribution in [-0.2, 0) is 11.3 Å². The second-order valence-electron chi connectivity index (χ2n) is 6.32. The van der Waals surface area contributed by atoms with Crippen LogP contribution in [0.5, 0.6) is 11.5 Å². The number of aryl methyl sites for hydroxylation is 1. The maximum Gasteiger partial charge on any atom is 0.340 e. The van der Waals surface area contributed by atoms with Gasteiger partial charge in [-0.25, -0.2) is 4.79 Å². The molecule has 1 N–H and O–H groups in total. The molecule has 0 radical (unpaired) electrons. The Labute approximate surface area is 171 Å². The van der Waals surface area contributed by atoms with Crippen molar-refractivity contribution in [1.82, 2.24) is 4.90 Å². The molecule has 0 unspecified atom stereocenters. The first kappa shape index (κ1) is 20.5. The maximum absolute atomic E-state index is 12.8. The van der Waals surface area contributed by atoms with Crippen LogP contribution in [0, 0.1) is 6.92 Å². The minimum absolute atomic E-state index is 0.0487. The molecule has 7 nitrogen and oxygen atoms in total. The second-order valence-corrected chi connectivity index (χ2v) is 7.32. The van der Waals surface area contributed by atoms with Gasteiger partial charge < -0.3 is 14.6 Å². The highest BCUT2D eigenvalue weighted by molar-refractivity contribution is 8.18. The third-order valence-corrected chi connectivity index (χ3v) is 5.32. The van der Waals surface area contributed by atoms with Crippen molar-refractivity contribution in [3.05, 3.63) is 63.6 Å². The lowest BCUT2D eigenvalue weighted by Gasteiger charge is -2.13. The minimum atomic E-state index is -1.23. The Bertz CT molecular complexity index is 1010. The number of nitrogens with zero attached hydrogens (tertiary/aromatic N) is 1. The van der Waals surface area contributed by atoms with E-state index in [1.54, 1.807) is 6.07 Å². The number of ether oxygens (including phenoxy) is 2. The largest absolute Gasteiger partial charge is 0.493 e. The molecule has 1 aliphatic heterocycles. The summed E-state index contributed by atoms with van der Waals surface area (Å²) in [5, 5.41) is 9.22. The molecule has 2 aromatic rings. The number of carboxylic acid groups (broad SMARTS) is 1. The summed E-state index contributed by atoms with van der Waals surface area (Å²) in [7, 11) is 2.74. The van der Waals surface area contributed by atoms with Crippen molar-refractivity contribution in [1.29, 1.82) is 0 Å². The van der Waals surface area contributed by atoms with Crippen molar-refractivity contribution in [2.45, 2.75) is 13.5 Å². The minimum Gasteiger partial charge on any atom is -0.493 e. The van der Waals surface area contributed by atoms with E-state index in [4.69, 9.17) is 9.47 Å². The lowest BCUT2D eigenvalue weighted by Crippen LogP contribution is -2.27. The summed E-state index contributed by atoms with van der Waals surface area (Å²) in [6, 6.07) is 10.6. The van der Waals surface area contributed by atoms with Crippen LogP contribution in [-0.4, -0.2) is 41.3 Å². The van der Waals surface area contributed by atoms with Gasteiger partial charge in [-0.05, 0) is 42.0 Å². The molecule has 2 aromatic carbocycles. The SMILES string of the molecule is COc1ccc(/C=C2/SC(=O)N(Cc3ccc(C)cc3)C2=O)c(C(=O)O)c1OC. The van der Waals surface area contributed by atoms with E-state index in [1.165, 1.54) is 26.4 Å². The molecule has 1 aliphatic rings. The van der Waals surface area contributed by atoms with Gasteiger partial charge in [-0.1, -0.05) is 35.9 Å². The third-order valence-electron chi connectivity index (χ3n) is 4.41. The fraction of sp³-hybridized carbons (Fsp3) is 0.190. The van der Waals surface area contributed by atoms with Crippen molar-refractivity contribution in [3.63, 3.8) is 0 Å². The average Bonchev–Trinajstić information content (AvgIpc) is 2.96. The number of benzene rings is 2. The lowest BCUT2D eigenvalue weighted by molar-refractivity contribution is -0.123. The van der Waals surface area contributed by atoms with Crippen molar-refractivity contribution in [3.8, 4) is 11.5 Å². The first-order chi connectivity index (χ1) is 13.8. The smallest absolute Gasteiger partial charge is 0.340 e. The predicted octanol–water partition coefficient (Wildman–Crippen LogP) is 3.95. The van der Waals surface area contributed by atoms with E-state index in [0.29, 0.717) is 0 Å². The number of aromatic carboxylic acids is 1. The summed E-state index contributed by atoms with van der Waals surface area (Å²) in [4.78, 5) is 38.2. The molecular weight excluding hydrogens is 394 g/mol. The lowest BCUT2D eigenvalue weighted by atomic mass is 10.0. The van der Waals surface area contributed by atoms with Gasteiger partial charge >= 0.3 is 5.97 Å². The zero-order chi connectivity index (χ0) is 21.1. The Kier molecular flexibility index (Phi) is 5.93. The fourth-order valence-electron chi connectivity index (χ4n) is 2.94. The molecule has 2 amide bonds. The Morgan fingerprint density at radius 2 is 1.79 bits per heavy atom. The number of thioether (sulfide) groups is 1. The molecule has 1 fully saturated rings. The van der Waals surface area contributed by atoms with Crippen molar-refractivity contribution >= 4 is 35.0 Å². The number of rotatable bonds is 6. The van der Waals surface area contributed by atoms with Gasteiger partial charge in [-0.2, -0.15) is 0 Å². The van der Waals surface area contributed by atoms with Gasteiger partial charge in [0, 0.05) is 0 Å². The summed E-state index contributed by atoms with van der Waals surface area (Å²) in [5.74, 6) is -1.39. The number of methoxy groups -OCH3 is 2. The molecule has 8 heteroatoms. The molecule has 29 heavy (non-hydrogen) atoms. The Morgan fingerprint density at radius 3 is 2.38 bits per heavy atom. The van der Waals surface area contributed by atoms with E-state index in [9.17, 15) is 19.5 Å². The van der Waals surface area contributed by atoms with E-state index < -0.39 is 17.1 Å². The average molecular weight is 413 g/mol. The molecule has 0 aliphatic carbocycles. The van der Waals surface area contributed by atoms with Crippen LogP contribution in [0.25, 0.3) is 6.08 Å². The van der Waals surface area contributed by atoms with Gasteiger partial charge in [0.05, 0.1) is 25.7 Å². The van der Waals surface area contributed by atoms with Crippen LogP contribution in [0.3, 0.4) is 0 Å².